The van der Waals surface area contributed by atoms with Gasteiger partial charge in [-0.05, 0) is 37.5 Å². The van der Waals surface area contributed by atoms with Gasteiger partial charge in [-0.1, -0.05) is 33.1 Å². The molecule has 0 aromatic carbocycles. The van der Waals surface area contributed by atoms with Crippen molar-refractivity contribution in [2.24, 2.45) is 17.6 Å². The smallest absolute Gasteiger partial charge is 0.00956 e. The predicted molar refractivity (Wildman–Crippen MR) is 58.6 cm³/mol. The Labute approximate surface area is 83.1 Å². The fourth-order valence-electron chi connectivity index (χ4n) is 2.48. The topological polar surface area (TPSA) is 26.0 Å². The third kappa shape index (κ3) is 2.98. The van der Waals surface area contributed by atoms with Crippen LogP contribution in [0.2, 0.25) is 0 Å². The van der Waals surface area contributed by atoms with Crippen LogP contribution in [0, 0.1) is 11.8 Å². The molecule has 1 aliphatic rings. The first-order valence-electron chi connectivity index (χ1n) is 6.05. The van der Waals surface area contributed by atoms with Crippen LogP contribution in [0.3, 0.4) is 0 Å². The van der Waals surface area contributed by atoms with Crippen molar-refractivity contribution >= 4 is 0 Å². The Hall–Kier alpha value is -0.0400. The molecule has 1 rings (SSSR count). The number of rotatable bonds is 6. The van der Waals surface area contributed by atoms with Crippen LogP contribution in [-0.2, 0) is 0 Å². The molecule has 0 radical (unpaired) electrons. The van der Waals surface area contributed by atoms with E-state index in [-0.39, 0.29) is 0 Å². The summed E-state index contributed by atoms with van der Waals surface area (Å²) in [5, 5.41) is 0. The van der Waals surface area contributed by atoms with Gasteiger partial charge in [0.1, 0.15) is 0 Å². The van der Waals surface area contributed by atoms with Gasteiger partial charge < -0.3 is 5.73 Å². The Morgan fingerprint density at radius 3 is 2.00 bits per heavy atom. The lowest BCUT2D eigenvalue weighted by molar-refractivity contribution is 0.192. The van der Waals surface area contributed by atoms with E-state index in [9.17, 15) is 0 Å². The largest absolute Gasteiger partial charge is 0.327 e. The Bertz CT molecular complexity index is 123. The summed E-state index contributed by atoms with van der Waals surface area (Å²) in [6.07, 6.45) is 9.48. The molecule has 0 amide bonds. The monoisotopic (exact) mass is 183 g/mol. The summed E-state index contributed by atoms with van der Waals surface area (Å²) in [5.74, 6) is 1.67. The van der Waals surface area contributed by atoms with Crippen molar-refractivity contribution in [1.82, 2.24) is 0 Å². The van der Waals surface area contributed by atoms with E-state index in [1.807, 2.05) is 0 Å². The van der Waals surface area contributed by atoms with Gasteiger partial charge in [0.15, 0.2) is 0 Å². The van der Waals surface area contributed by atoms with Gasteiger partial charge in [0, 0.05) is 6.04 Å². The number of hydrogen-bond acceptors (Lipinski definition) is 1. The molecular formula is C12H25N. The van der Waals surface area contributed by atoms with Gasteiger partial charge in [-0.25, -0.2) is 0 Å². The Balaban J connectivity index is 2.32. The quantitative estimate of drug-likeness (QED) is 0.671. The molecule has 1 heteroatoms. The zero-order valence-corrected chi connectivity index (χ0v) is 9.26. The summed E-state index contributed by atoms with van der Waals surface area (Å²) in [4.78, 5) is 0. The van der Waals surface area contributed by atoms with E-state index in [2.05, 4.69) is 13.8 Å². The van der Waals surface area contributed by atoms with Crippen molar-refractivity contribution in [2.75, 3.05) is 0 Å². The zero-order valence-electron chi connectivity index (χ0n) is 9.26. The summed E-state index contributed by atoms with van der Waals surface area (Å²) in [5.41, 5.74) is 6.30. The van der Waals surface area contributed by atoms with Gasteiger partial charge in [0.05, 0.1) is 0 Å². The molecule has 13 heavy (non-hydrogen) atoms. The second kappa shape index (κ2) is 5.64. The van der Waals surface area contributed by atoms with Crippen LogP contribution in [0.25, 0.3) is 0 Å². The summed E-state index contributed by atoms with van der Waals surface area (Å²) < 4.78 is 0. The fourth-order valence-corrected chi connectivity index (χ4v) is 2.48. The van der Waals surface area contributed by atoms with Gasteiger partial charge in [-0.15, -0.1) is 0 Å². The highest BCUT2D eigenvalue weighted by atomic mass is 14.7. The molecule has 0 bridgehead atoms. The molecule has 1 unspecified atom stereocenters. The molecule has 78 valence electrons. The van der Waals surface area contributed by atoms with E-state index in [4.69, 9.17) is 5.73 Å². The SMILES string of the molecule is CCCC(CCC)C(N)C1CCC1. The Morgan fingerprint density at radius 1 is 1.15 bits per heavy atom. The van der Waals surface area contributed by atoms with Crippen LogP contribution in [0.1, 0.15) is 58.8 Å². The van der Waals surface area contributed by atoms with Crippen molar-refractivity contribution in [3.05, 3.63) is 0 Å². The third-order valence-electron chi connectivity index (χ3n) is 3.56. The second-order valence-corrected chi connectivity index (χ2v) is 4.61. The first-order valence-corrected chi connectivity index (χ1v) is 6.05. The minimum atomic E-state index is 0.508. The van der Waals surface area contributed by atoms with Crippen LogP contribution in [0.4, 0.5) is 0 Å². The molecule has 1 fully saturated rings. The average Bonchev–Trinajstić information content (AvgIpc) is 2.01. The molecule has 2 N–H and O–H groups in total. The minimum Gasteiger partial charge on any atom is -0.327 e. The van der Waals surface area contributed by atoms with E-state index >= 15 is 0 Å². The molecule has 0 aliphatic heterocycles. The molecular weight excluding hydrogens is 158 g/mol. The maximum atomic E-state index is 6.30. The van der Waals surface area contributed by atoms with E-state index < -0.39 is 0 Å². The normalized spacial score (nSPS) is 20.3. The first-order chi connectivity index (χ1) is 6.29. The zero-order chi connectivity index (χ0) is 9.68. The molecule has 0 spiro atoms. The van der Waals surface area contributed by atoms with Crippen LogP contribution in [-0.4, -0.2) is 6.04 Å². The summed E-state index contributed by atoms with van der Waals surface area (Å²) in [6.45, 7) is 4.55. The second-order valence-electron chi connectivity index (χ2n) is 4.61. The summed E-state index contributed by atoms with van der Waals surface area (Å²) >= 11 is 0. The maximum Gasteiger partial charge on any atom is 0.00956 e. The highest BCUT2D eigenvalue weighted by Crippen LogP contribution is 2.34. The fraction of sp³-hybridized carbons (Fsp3) is 1.00. The summed E-state index contributed by atoms with van der Waals surface area (Å²) in [7, 11) is 0. The molecule has 1 saturated carbocycles. The molecule has 0 aromatic rings. The van der Waals surface area contributed by atoms with Crippen LogP contribution < -0.4 is 5.73 Å². The predicted octanol–water partition coefficient (Wildman–Crippen LogP) is 3.33. The van der Waals surface area contributed by atoms with Gasteiger partial charge in [0.25, 0.3) is 0 Å². The highest BCUT2D eigenvalue weighted by Gasteiger charge is 2.29. The molecule has 0 aromatic heterocycles. The van der Waals surface area contributed by atoms with E-state index in [0.717, 1.165) is 11.8 Å². The molecule has 1 atom stereocenters. The van der Waals surface area contributed by atoms with Crippen molar-refractivity contribution in [3.63, 3.8) is 0 Å². The third-order valence-corrected chi connectivity index (χ3v) is 3.56. The van der Waals surface area contributed by atoms with E-state index in [0.29, 0.717) is 6.04 Å². The standard InChI is InChI=1S/C12H25N/c1-3-6-10(7-4-2)12(13)11-8-5-9-11/h10-12H,3-9,13H2,1-2H3. The van der Waals surface area contributed by atoms with E-state index in [1.54, 1.807) is 0 Å². The number of hydrogen-bond donors (Lipinski definition) is 1. The van der Waals surface area contributed by atoms with Gasteiger partial charge in [-0.3, -0.25) is 0 Å². The molecule has 0 heterocycles. The van der Waals surface area contributed by atoms with Crippen LogP contribution in [0.15, 0.2) is 0 Å². The maximum absolute atomic E-state index is 6.30. The lowest BCUT2D eigenvalue weighted by Gasteiger charge is -2.36. The average molecular weight is 183 g/mol. The first kappa shape index (κ1) is 11.0. The number of nitrogens with two attached hydrogens (primary N) is 1. The van der Waals surface area contributed by atoms with Gasteiger partial charge in [0.2, 0.25) is 0 Å². The molecule has 0 saturated heterocycles. The Kier molecular flexibility index (Phi) is 4.79. The van der Waals surface area contributed by atoms with Crippen LogP contribution in [0.5, 0.6) is 0 Å². The van der Waals surface area contributed by atoms with Crippen LogP contribution >= 0.6 is 0 Å². The van der Waals surface area contributed by atoms with Gasteiger partial charge in [-0.2, -0.15) is 0 Å². The molecule has 1 nitrogen and oxygen atoms in total. The molecule has 1 aliphatic carbocycles. The lowest BCUT2D eigenvalue weighted by atomic mass is 9.73. The van der Waals surface area contributed by atoms with E-state index in [1.165, 1.54) is 44.9 Å². The van der Waals surface area contributed by atoms with Gasteiger partial charge >= 0.3 is 0 Å². The van der Waals surface area contributed by atoms with Crippen molar-refractivity contribution < 1.29 is 0 Å². The lowest BCUT2D eigenvalue weighted by Crippen LogP contribution is -2.40. The van der Waals surface area contributed by atoms with Crippen molar-refractivity contribution in [2.45, 2.75) is 64.8 Å². The Morgan fingerprint density at radius 2 is 1.69 bits per heavy atom. The highest BCUT2D eigenvalue weighted by molar-refractivity contribution is 4.84. The minimum absolute atomic E-state index is 0.508. The van der Waals surface area contributed by atoms with Crippen molar-refractivity contribution in [1.29, 1.82) is 0 Å². The summed E-state index contributed by atoms with van der Waals surface area (Å²) in [6, 6.07) is 0.508. The van der Waals surface area contributed by atoms with Crippen molar-refractivity contribution in [3.8, 4) is 0 Å².